The number of nitrogens with zero attached hydrogens (tertiary/aromatic N) is 2. The van der Waals surface area contributed by atoms with Crippen LogP contribution in [0, 0.1) is 13.8 Å². The number of carbonyl (C=O) groups excluding carboxylic acids is 2. The number of aliphatic hydroxyl groups excluding tert-OH is 1. The van der Waals surface area contributed by atoms with E-state index in [-0.39, 0.29) is 17.9 Å². The Kier molecular flexibility index (Phi) is 6.36. The van der Waals surface area contributed by atoms with Crippen LogP contribution in [0.1, 0.15) is 33.9 Å². The topological polar surface area (TPSA) is 89.0 Å². The van der Waals surface area contributed by atoms with E-state index in [1.165, 1.54) is 4.90 Å². The van der Waals surface area contributed by atoms with Gasteiger partial charge in [0.2, 0.25) is 0 Å². The Bertz CT molecular complexity index is 1280. The van der Waals surface area contributed by atoms with Gasteiger partial charge in [-0.3, -0.25) is 14.6 Å². The van der Waals surface area contributed by atoms with Gasteiger partial charge in [-0.2, -0.15) is 0 Å². The van der Waals surface area contributed by atoms with Crippen molar-refractivity contribution in [1.82, 2.24) is 9.88 Å². The van der Waals surface area contributed by atoms with Crippen LogP contribution in [0.5, 0.6) is 11.5 Å². The van der Waals surface area contributed by atoms with Crippen LogP contribution in [0.2, 0.25) is 0 Å². The number of aryl methyl sites for hydroxylation is 2. The molecule has 7 nitrogen and oxygen atoms in total. The van der Waals surface area contributed by atoms with Crippen molar-refractivity contribution in [2.75, 3.05) is 14.2 Å². The van der Waals surface area contributed by atoms with Crippen molar-refractivity contribution < 1.29 is 24.2 Å². The number of likely N-dealkylation sites (tertiary alicyclic amines) is 1. The number of pyridine rings is 1. The van der Waals surface area contributed by atoms with Crippen molar-refractivity contribution in [3.05, 3.63) is 94.3 Å². The lowest BCUT2D eigenvalue weighted by atomic mass is 9.93. The van der Waals surface area contributed by atoms with Crippen molar-refractivity contribution in [3.63, 3.8) is 0 Å². The standard InChI is InChI=1S/C27H26N2O5/c1-16-12-22(34-4)17(2)11-21(16)25(30)23-24(19-8-5-9-20(13-19)33-3)29(27(32)26(23)31)15-18-7-6-10-28-14-18/h5-14,24,30H,15H2,1-4H3/b25-23+. The summed E-state index contributed by atoms with van der Waals surface area (Å²) >= 11 is 0. The van der Waals surface area contributed by atoms with Crippen LogP contribution in [-0.2, 0) is 16.1 Å². The molecule has 1 amide bonds. The molecule has 2 aromatic carbocycles. The number of carbonyl (C=O) groups is 2. The number of amides is 1. The number of methoxy groups -OCH3 is 2. The first-order chi connectivity index (χ1) is 16.3. The molecular weight excluding hydrogens is 432 g/mol. The maximum Gasteiger partial charge on any atom is 0.295 e. The fourth-order valence-electron chi connectivity index (χ4n) is 4.30. The summed E-state index contributed by atoms with van der Waals surface area (Å²) in [5, 5.41) is 11.4. The summed E-state index contributed by atoms with van der Waals surface area (Å²) < 4.78 is 10.7. The quantitative estimate of drug-likeness (QED) is 0.336. The minimum atomic E-state index is -0.794. The molecular formula is C27H26N2O5. The minimum absolute atomic E-state index is 0.0369. The Balaban J connectivity index is 1.91. The largest absolute Gasteiger partial charge is 0.507 e. The van der Waals surface area contributed by atoms with Crippen molar-refractivity contribution >= 4 is 17.4 Å². The molecule has 34 heavy (non-hydrogen) atoms. The molecule has 0 radical (unpaired) electrons. The summed E-state index contributed by atoms with van der Waals surface area (Å²) in [5.74, 6) is -0.373. The molecule has 1 fully saturated rings. The maximum atomic E-state index is 13.3. The highest BCUT2D eigenvalue weighted by Crippen LogP contribution is 2.42. The second-order valence-electron chi connectivity index (χ2n) is 8.20. The van der Waals surface area contributed by atoms with E-state index in [1.807, 2.05) is 26.0 Å². The Morgan fingerprint density at radius 1 is 1.03 bits per heavy atom. The molecule has 174 valence electrons. The highest BCUT2D eigenvalue weighted by Gasteiger charge is 2.46. The molecule has 1 aromatic heterocycles. The highest BCUT2D eigenvalue weighted by atomic mass is 16.5. The summed E-state index contributed by atoms with van der Waals surface area (Å²) in [5.41, 5.74) is 3.47. The van der Waals surface area contributed by atoms with Crippen LogP contribution in [0.3, 0.4) is 0 Å². The molecule has 0 saturated carbocycles. The van der Waals surface area contributed by atoms with Gasteiger partial charge in [-0.25, -0.2) is 0 Å². The molecule has 1 aliphatic rings. The number of aliphatic hydroxyl groups is 1. The van der Waals surface area contributed by atoms with E-state index in [2.05, 4.69) is 4.98 Å². The Hall–Kier alpha value is -4.13. The normalized spacial score (nSPS) is 17.2. The molecule has 2 heterocycles. The summed E-state index contributed by atoms with van der Waals surface area (Å²) in [7, 11) is 3.13. The average molecular weight is 459 g/mol. The van der Waals surface area contributed by atoms with Gasteiger partial charge in [-0.15, -0.1) is 0 Å². The van der Waals surface area contributed by atoms with Gasteiger partial charge < -0.3 is 19.5 Å². The monoisotopic (exact) mass is 458 g/mol. The predicted molar refractivity (Wildman–Crippen MR) is 128 cm³/mol. The van der Waals surface area contributed by atoms with Crippen LogP contribution in [0.25, 0.3) is 5.76 Å². The van der Waals surface area contributed by atoms with E-state index in [1.54, 1.807) is 63.0 Å². The molecule has 0 bridgehead atoms. The van der Waals surface area contributed by atoms with Gasteiger partial charge in [0, 0.05) is 24.5 Å². The first kappa shape index (κ1) is 23.0. The van der Waals surface area contributed by atoms with E-state index in [9.17, 15) is 14.7 Å². The highest BCUT2D eigenvalue weighted by molar-refractivity contribution is 6.46. The zero-order valence-electron chi connectivity index (χ0n) is 19.5. The number of rotatable bonds is 6. The van der Waals surface area contributed by atoms with Crippen LogP contribution in [0.15, 0.2) is 66.5 Å². The van der Waals surface area contributed by atoms with Gasteiger partial charge in [0.1, 0.15) is 17.3 Å². The summed E-state index contributed by atoms with van der Waals surface area (Å²) in [6, 6.07) is 13.5. The van der Waals surface area contributed by atoms with Gasteiger partial charge in [0.05, 0.1) is 25.8 Å². The second-order valence-corrected chi connectivity index (χ2v) is 8.20. The second kappa shape index (κ2) is 9.39. The number of benzene rings is 2. The molecule has 0 spiro atoms. The lowest BCUT2D eigenvalue weighted by Gasteiger charge is -2.26. The molecule has 7 heteroatoms. The average Bonchev–Trinajstić information content (AvgIpc) is 3.10. The van der Waals surface area contributed by atoms with E-state index in [0.29, 0.717) is 22.6 Å². The van der Waals surface area contributed by atoms with E-state index in [4.69, 9.17) is 9.47 Å². The molecule has 4 rings (SSSR count). The van der Waals surface area contributed by atoms with E-state index >= 15 is 0 Å². The van der Waals surface area contributed by atoms with Crippen molar-refractivity contribution in [2.24, 2.45) is 0 Å². The lowest BCUT2D eigenvalue weighted by Crippen LogP contribution is -2.29. The lowest BCUT2D eigenvalue weighted by molar-refractivity contribution is -0.140. The third kappa shape index (κ3) is 4.12. The fourth-order valence-corrected chi connectivity index (χ4v) is 4.30. The van der Waals surface area contributed by atoms with Crippen molar-refractivity contribution in [2.45, 2.75) is 26.4 Å². The third-order valence-corrected chi connectivity index (χ3v) is 6.02. The molecule has 3 aromatic rings. The van der Waals surface area contributed by atoms with E-state index in [0.717, 1.165) is 16.7 Å². The number of hydrogen-bond donors (Lipinski definition) is 1. The number of ketones is 1. The van der Waals surface area contributed by atoms with Crippen molar-refractivity contribution in [1.29, 1.82) is 0 Å². The number of ether oxygens (including phenoxy) is 2. The summed E-state index contributed by atoms with van der Waals surface area (Å²) in [6.07, 6.45) is 3.30. The Morgan fingerprint density at radius 3 is 2.50 bits per heavy atom. The van der Waals surface area contributed by atoms with Crippen LogP contribution < -0.4 is 9.47 Å². The molecule has 0 aliphatic carbocycles. The first-order valence-corrected chi connectivity index (χ1v) is 10.8. The van der Waals surface area contributed by atoms with Crippen LogP contribution in [0.4, 0.5) is 0 Å². The van der Waals surface area contributed by atoms with Gasteiger partial charge in [0.25, 0.3) is 11.7 Å². The van der Waals surface area contributed by atoms with Gasteiger partial charge >= 0.3 is 0 Å². The zero-order chi connectivity index (χ0) is 24.4. The fraction of sp³-hybridized carbons (Fsp3) is 0.222. The minimum Gasteiger partial charge on any atom is -0.507 e. The maximum absolute atomic E-state index is 13.3. The van der Waals surface area contributed by atoms with Gasteiger partial charge in [-0.05, 0) is 66.4 Å². The smallest absolute Gasteiger partial charge is 0.295 e. The Morgan fingerprint density at radius 2 is 1.82 bits per heavy atom. The van der Waals surface area contributed by atoms with Gasteiger partial charge in [-0.1, -0.05) is 18.2 Å². The molecule has 1 aliphatic heterocycles. The number of hydrogen-bond acceptors (Lipinski definition) is 6. The summed E-state index contributed by atoms with van der Waals surface area (Å²) in [4.78, 5) is 32.1. The molecule has 1 N–H and O–H groups in total. The number of Topliss-reactive ketones (excluding diaryl/α,β-unsaturated/α-hetero) is 1. The zero-order valence-corrected chi connectivity index (χ0v) is 19.5. The Labute approximate surface area is 198 Å². The number of aromatic nitrogens is 1. The van der Waals surface area contributed by atoms with Gasteiger partial charge in [0.15, 0.2) is 0 Å². The van der Waals surface area contributed by atoms with Crippen LogP contribution >= 0.6 is 0 Å². The molecule has 1 atom stereocenters. The molecule has 1 unspecified atom stereocenters. The van der Waals surface area contributed by atoms with Crippen LogP contribution in [-0.4, -0.2) is 40.9 Å². The predicted octanol–water partition coefficient (Wildman–Crippen LogP) is 4.34. The summed E-state index contributed by atoms with van der Waals surface area (Å²) in [6.45, 7) is 3.84. The molecule has 1 saturated heterocycles. The third-order valence-electron chi connectivity index (χ3n) is 6.02. The first-order valence-electron chi connectivity index (χ1n) is 10.8. The van der Waals surface area contributed by atoms with Crippen molar-refractivity contribution in [3.8, 4) is 11.5 Å². The van der Waals surface area contributed by atoms with E-state index < -0.39 is 17.7 Å². The SMILES string of the molecule is COc1cccc(C2/C(=C(\O)c3cc(C)c(OC)cc3C)C(=O)C(=O)N2Cc2cccnc2)c1.